The first-order valence-electron chi connectivity index (χ1n) is 13.8. The van der Waals surface area contributed by atoms with Gasteiger partial charge in [-0.15, -0.1) is 0 Å². The van der Waals surface area contributed by atoms with Gasteiger partial charge in [0.15, 0.2) is 0 Å². The van der Waals surface area contributed by atoms with Gasteiger partial charge >= 0.3 is 0 Å². The van der Waals surface area contributed by atoms with Gasteiger partial charge in [0.1, 0.15) is 5.82 Å². The summed E-state index contributed by atoms with van der Waals surface area (Å²) < 4.78 is 6.50. The molecular formula is C28H38Cl2N6O. The number of likely N-dealkylation sites (tertiary alicyclic amines) is 1. The molecule has 2 aromatic heterocycles. The molecule has 4 aliphatic rings. The second-order valence-corrected chi connectivity index (χ2v) is 12.3. The summed E-state index contributed by atoms with van der Waals surface area (Å²) in [5.74, 6) is 1.54. The third-order valence-corrected chi connectivity index (χ3v) is 10.1. The molecule has 0 aromatic carbocycles. The van der Waals surface area contributed by atoms with Crippen molar-refractivity contribution in [2.45, 2.75) is 81.7 Å². The Morgan fingerprint density at radius 2 is 1.81 bits per heavy atom. The fourth-order valence-corrected chi connectivity index (χ4v) is 7.93. The highest BCUT2D eigenvalue weighted by atomic mass is 35.5. The second kappa shape index (κ2) is 10.6. The summed E-state index contributed by atoms with van der Waals surface area (Å²) in [6, 6.07) is 5.14. The third kappa shape index (κ3) is 4.99. The number of halogens is 2. The molecule has 4 unspecified atom stereocenters. The molecule has 5 heterocycles. The quantitative estimate of drug-likeness (QED) is 0.528. The van der Waals surface area contributed by atoms with Crippen LogP contribution in [-0.2, 0) is 4.74 Å². The van der Waals surface area contributed by atoms with Crippen molar-refractivity contribution in [1.29, 1.82) is 0 Å². The first kappa shape index (κ1) is 25.8. The van der Waals surface area contributed by atoms with Gasteiger partial charge in [0.05, 0.1) is 28.3 Å². The zero-order valence-corrected chi connectivity index (χ0v) is 23.3. The number of pyridine rings is 2. The van der Waals surface area contributed by atoms with Crippen LogP contribution < -0.4 is 15.8 Å². The van der Waals surface area contributed by atoms with Crippen LogP contribution in [0.5, 0.6) is 0 Å². The van der Waals surface area contributed by atoms with Crippen LogP contribution in [0.2, 0.25) is 10.0 Å². The largest absolute Gasteiger partial charge is 0.370 e. The molecule has 1 saturated carbocycles. The number of piperidine rings is 1. The summed E-state index contributed by atoms with van der Waals surface area (Å²) in [6.45, 7) is 5.45. The molecule has 2 N–H and O–H groups in total. The first-order chi connectivity index (χ1) is 17.9. The van der Waals surface area contributed by atoms with E-state index in [1.165, 1.54) is 37.8 Å². The number of hydrazine groups is 1. The highest BCUT2D eigenvalue weighted by Crippen LogP contribution is 2.42. The smallest absolute Gasteiger partial charge is 0.128 e. The lowest BCUT2D eigenvalue weighted by Crippen LogP contribution is -2.50. The molecule has 0 amide bonds. The van der Waals surface area contributed by atoms with Crippen LogP contribution in [0.15, 0.2) is 30.7 Å². The molecule has 6 rings (SSSR count). The lowest BCUT2D eigenvalue weighted by atomic mass is 9.78. The summed E-state index contributed by atoms with van der Waals surface area (Å²) >= 11 is 12.8. The maximum Gasteiger partial charge on any atom is 0.128 e. The standard InChI is InChI=1S/C28H38Cl2N6O/c1-18(26-22(29)16-31-17-23(26)30)37-20-5-6-24-21(14-20)27(34-33-24)19-4-7-25(32-15-19)36-12-9-28(10-13-36)8-3-11-35(28)2/h4,7,15-18,20-21,24,27,33-34H,3,5-6,8-14H2,1-2H3/t18-,20?,21?,24?,27?/m1/s1. The Hall–Kier alpha value is -1.48. The molecule has 1 spiro atoms. The Kier molecular flexibility index (Phi) is 7.38. The molecule has 2 aromatic rings. The van der Waals surface area contributed by atoms with Crippen LogP contribution in [0, 0.1) is 5.92 Å². The van der Waals surface area contributed by atoms with Crippen LogP contribution in [0.3, 0.4) is 0 Å². The lowest BCUT2D eigenvalue weighted by molar-refractivity contribution is -0.0370. The number of hydrogen-bond acceptors (Lipinski definition) is 7. The number of rotatable bonds is 5. The summed E-state index contributed by atoms with van der Waals surface area (Å²) in [7, 11) is 2.30. The Balaban J connectivity index is 1.09. The number of ether oxygens (including phenoxy) is 1. The zero-order chi connectivity index (χ0) is 25.6. The molecule has 9 heteroatoms. The van der Waals surface area contributed by atoms with Crippen LogP contribution in [0.4, 0.5) is 5.82 Å². The molecular weight excluding hydrogens is 507 g/mol. The highest BCUT2D eigenvalue weighted by Gasteiger charge is 2.43. The molecule has 0 bridgehead atoms. The number of nitrogens with zero attached hydrogens (tertiary/aromatic N) is 4. The van der Waals surface area contributed by atoms with Crippen LogP contribution in [0.25, 0.3) is 0 Å². The minimum atomic E-state index is -0.182. The van der Waals surface area contributed by atoms with Crippen molar-refractivity contribution in [3.05, 3.63) is 51.9 Å². The first-order valence-corrected chi connectivity index (χ1v) is 14.6. The van der Waals surface area contributed by atoms with E-state index in [0.29, 0.717) is 27.5 Å². The Morgan fingerprint density at radius 1 is 1.03 bits per heavy atom. The predicted octanol–water partition coefficient (Wildman–Crippen LogP) is 5.31. The van der Waals surface area contributed by atoms with Gasteiger partial charge in [-0.05, 0) is 83.0 Å². The maximum atomic E-state index is 6.50. The van der Waals surface area contributed by atoms with Gasteiger partial charge in [-0.3, -0.25) is 10.4 Å². The molecule has 3 saturated heterocycles. The van der Waals surface area contributed by atoms with Gasteiger partial charge in [-0.25, -0.2) is 10.4 Å². The normalized spacial score (nSPS) is 30.5. The summed E-state index contributed by atoms with van der Waals surface area (Å²) in [6.07, 6.45) is 13.5. The van der Waals surface area contributed by atoms with E-state index in [-0.39, 0.29) is 18.2 Å². The molecule has 4 fully saturated rings. The molecule has 3 aliphatic heterocycles. The fraction of sp³-hybridized carbons (Fsp3) is 0.643. The van der Waals surface area contributed by atoms with E-state index in [1.807, 2.05) is 6.92 Å². The average molecular weight is 546 g/mol. The van der Waals surface area contributed by atoms with E-state index in [2.05, 4.69) is 51.0 Å². The van der Waals surface area contributed by atoms with Crippen molar-refractivity contribution >= 4 is 29.0 Å². The van der Waals surface area contributed by atoms with Gasteiger partial charge in [0, 0.05) is 48.8 Å². The van der Waals surface area contributed by atoms with E-state index in [0.717, 1.165) is 43.7 Å². The number of fused-ring (bicyclic) bond motifs is 1. The fourth-order valence-electron chi connectivity index (χ4n) is 7.26. The minimum Gasteiger partial charge on any atom is -0.370 e. The molecule has 1 aliphatic carbocycles. The maximum absolute atomic E-state index is 6.50. The van der Waals surface area contributed by atoms with Gasteiger partial charge < -0.3 is 14.5 Å². The van der Waals surface area contributed by atoms with Crippen LogP contribution in [0.1, 0.15) is 75.1 Å². The zero-order valence-electron chi connectivity index (χ0n) is 21.8. The van der Waals surface area contributed by atoms with Gasteiger partial charge in [0.2, 0.25) is 0 Å². The number of anilines is 1. The van der Waals surface area contributed by atoms with Crippen LogP contribution in [-0.4, -0.2) is 59.2 Å². The second-order valence-electron chi connectivity index (χ2n) is 11.5. The Morgan fingerprint density at radius 3 is 2.49 bits per heavy atom. The molecule has 7 nitrogen and oxygen atoms in total. The molecule has 0 radical (unpaired) electrons. The van der Waals surface area contributed by atoms with E-state index in [4.69, 9.17) is 32.9 Å². The SMILES string of the molecule is C[C@@H](OC1CCC2NNC(c3ccc(N4CCC5(CCCN5C)CC4)nc3)C2C1)c1c(Cl)cncc1Cl. The van der Waals surface area contributed by atoms with Crippen molar-refractivity contribution in [3.8, 4) is 0 Å². The number of hydrogen-bond donors (Lipinski definition) is 2. The van der Waals surface area contributed by atoms with Gasteiger partial charge in [-0.1, -0.05) is 29.3 Å². The topological polar surface area (TPSA) is 65.6 Å². The highest BCUT2D eigenvalue weighted by molar-refractivity contribution is 6.35. The summed E-state index contributed by atoms with van der Waals surface area (Å²) in [5, 5.41) is 1.11. The summed E-state index contributed by atoms with van der Waals surface area (Å²) in [5.41, 5.74) is 9.59. The monoisotopic (exact) mass is 544 g/mol. The van der Waals surface area contributed by atoms with Crippen molar-refractivity contribution in [2.24, 2.45) is 5.92 Å². The summed E-state index contributed by atoms with van der Waals surface area (Å²) in [4.78, 5) is 14.1. The van der Waals surface area contributed by atoms with Crippen LogP contribution >= 0.6 is 23.2 Å². The number of aromatic nitrogens is 2. The van der Waals surface area contributed by atoms with E-state index < -0.39 is 0 Å². The van der Waals surface area contributed by atoms with E-state index >= 15 is 0 Å². The lowest BCUT2D eigenvalue weighted by Gasteiger charge is -2.44. The minimum absolute atomic E-state index is 0.155. The van der Waals surface area contributed by atoms with Crippen molar-refractivity contribution in [2.75, 3.05) is 31.6 Å². The van der Waals surface area contributed by atoms with Gasteiger partial charge in [-0.2, -0.15) is 0 Å². The van der Waals surface area contributed by atoms with Crippen molar-refractivity contribution < 1.29 is 4.74 Å². The molecule has 37 heavy (non-hydrogen) atoms. The Bertz CT molecular complexity index is 1070. The van der Waals surface area contributed by atoms with Crippen molar-refractivity contribution in [3.63, 3.8) is 0 Å². The van der Waals surface area contributed by atoms with Crippen molar-refractivity contribution in [1.82, 2.24) is 25.7 Å². The predicted molar refractivity (Wildman–Crippen MR) is 148 cm³/mol. The number of nitrogens with one attached hydrogen (secondary N) is 2. The van der Waals surface area contributed by atoms with E-state index in [1.54, 1.807) is 12.4 Å². The average Bonchev–Trinajstić information content (AvgIpc) is 3.48. The molecule has 200 valence electrons. The van der Waals surface area contributed by atoms with E-state index in [9.17, 15) is 0 Å². The van der Waals surface area contributed by atoms with Gasteiger partial charge in [0.25, 0.3) is 0 Å². The Labute approximate surface area is 230 Å². The molecule has 5 atom stereocenters. The third-order valence-electron chi connectivity index (χ3n) is 9.49.